The normalized spacial score (nSPS) is 11.0. The molecule has 0 radical (unpaired) electrons. The van der Waals surface area contributed by atoms with Crippen LogP contribution in [0, 0.1) is 10.1 Å². The summed E-state index contributed by atoms with van der Waals surface area (Å²) in [5.74, 6) is 1.02. The predicted octanol–water partition coefficient (Wildman–Crippen LogP) is 6.64. The molecular formula is C30H23N3O6. The number of nitro groups is 1. The third kappa shape index (κ3) is 5.94. The minimum atomic E-state index is -0.491. The summed E-state index contributed by atoms with van der Waals surface area (Å²) in [6.07, 6.45) is 3.07. The number of fused-ring (bicyclic) bond motifs is 1. The summed E-state index contributed by atoms with van der Waals surface area (Å²) in [7, 11) is 1.56. The number of amides is 1. The number of nitrogens with one attached hydrogen (secondary N) is 1. The SMILES string of the molecule is COc1cc(C=CC(=O)Nc2ccccc2-c2nc3cc([N+](=O)[O-])ccc3o2)ccc1OCc1ccccc1. The van der Waals surface area contributed by atoms with Gasteiger partial charge in [-0.1, -0.05) is 48.5 Å². The van der Waals surface area contributed by atoms with Crippen molar-refractivity contribution in [3.05, 3.63) is 118 Å². The summed E-state index contributed by atoms with van der Waals surface area (Å²) in [6.45, 7) is 0.408. The lowest BCUT2D eigenvalue weighted by Crippen LogP contribution is -2.08. The van der Waals surface area contributed by atoms with Gasteiger partial charge in [0.15, 0.2) is 17.1 Å². The van der Waals surface area contributed by atoms with Crippen molar-refractivity contribution in [3.8, 4) is 23.0 Å². The molecule has 5 aromatic rings. The highest BCUT2D eigenvalue weighted by Gasteiger charge is 2.16. The van der Waals surface area contributed by atoms with Gasteiger partial charge in [-0.15, -0.1) is 0 Å². The number of nitrogens with zero attached hydrogens (tertiary/aromatic N) is 2. The number of hydrogen-bond donors (Lipinski definition) is 1. The van der Waals surface area contributed by atoms with Crippen LogP contribution >= 0.6 is 0 Å². The van der Waals surface area contributed by atoms with Crippen LogP contribution in [0.5, 0.6) is 11.5 Å². The van der Waals surface area contributed by atoms with Gasteiger partial charge in [-0.2, -0.15) is 0 Å². The summed E-state index contributed by atoms with van der Waals surface area (Å²) < 4.78 is 17.2. The molecule has 1 aromatic heterocycles. The van der Waals surface area contributed by atoms with Crippen molar-refractivity contribution in [2.75, 3.05) is 12.4 Å². The molecule has 9 nitrogen and oxygen atoms in total. The maximum Gasteiger partial charge on any atom is 0.271 e. The number of oxazole rings is 1. The molecule has 1 heterocycles. The minimum Gasteiger partial charge on any atom is -0.493 e. The van der Waals surface area contributed by atoms with E-state index in [9.17, 15) is 14.9 Å². The van der Waals surface area contributed by atoms with Crippen LogP contribution in [0.1, 0.15) is 11.1 Å². The van der Waals surface area contributed by atoms with Crippen molar-refractivity contribution in [2.45, 2.75) is 6.61 Å². The van der Waals surface area contributed by atoms with E-state index in [0.717, 1.165) is 11.1 Å². The van der Waals surface area contributed by atoms with Gasteiger partial charge >= 0.3 is 0 Å². The first kappa shape index (κ1) is 25.2. The third-order valence-electron chi connectivity index (χ3n) is 5.85. The van der Waals surface area contributed by atoms with Crippen LogP contribution in [0.25, 0.3) is 28.6 Å². The van der Waals surface area contributed by atoms with Crippen molar-refractivity contribution >= 4 is 34.5 Å². The molecule has 1 N–H and O–H groups in total. The molecule has 39 heavy (non-hydrogen) atoms. The van der Waals surface area contributed by atoms with E-state index in [1.807, 2.05) is 36.4 Å². The number of nitro benzene ring substituents is 1. The van der Waals surface area contributed by atoms with Gasteiger partial charge in [0, 0.05) is 18.2 Å². The van der Waals surface area contributed by atoms with E-state index in [0.29, 0.717) is 40.5 Å². The maximum atomic E-state index is 12.8. The topological polar surface area (TPSA) is 117 Å². The maximum absolute atomic E-state index is 12.8. The number of anilines is 1. The Morgan fingerprint density at radius 1 is 1.00 bits per heavy atom. The first-order valence-corrected chi connectivity index (χ1v) is 12.0. The molecule has 0 saturated carbocycles. The first-order valence-electron chi connectivity index (χ1n) is 12.0. The number of para-hydroxylation sites is 1. The van der Waals surface area contributed by atoms with Crippen molar-refractivity contribution in [1.29, 1.82) is 0 Å². The minimum absolute atomic E-state index is 0.0819. The molecule has 0 atom stereocenters. The first-order chi connectivity index (χ1) is 19.0. The lowest BCUT2D eigenvalue weighted by Gasteiger charge is -2.11. The molecule has 1 amide bonds. The lowest BCUT2D eigenvalue weighted by molar-refractivity contribution is -0.384. The van der Waals surface area contributed by atoms with E-state index in [1.165, 1.54) is 24.3 Å². The predicted molar refractivity (Wildman–Crippen MR) is 148 cm³/mol. The van der Waals surface area contributed by atoms with E-state index >= 15 is 0 Å². The van der Waals surface area contributed by atoms with E-state index in [-0.39, 0.29) is 17.5 Å². The van der Waals surface area contributed by atoms with Crippen molar-refractivity contribution in [2.24, 2.45) is 0 Å². The second-order valence-corrected chi connectivity index (χ2v) is 8.48. The average molecular weight is 522 g/mol. The van der Waals surface area contributed by atoms with Crippen LogP contribution in [0.4, 0.5) is 11.4 Å². The number of ether oxygens (including phenoxy) is 2. The van der Waals surface area contributed by atoms with Gasteiger partial charge in [-0.05, 0) is 47.5 Å². The number of hydrogen-bond acceptors (Lipinski definition) is 7. The van der Waals surface area contributed by atoms with E-state index in [4.69, 9.17) is 13.9 Å². The Labute approximate surface area is 223 Å². The van der Waals surface area contributed by atoms with E-state index in [2.05, 4.69) is 10.3 Å². The largest absolute Gasteiger partial charge is 0.493 e. The molecule has 0 bridgehead atoms. The van der Waals surface area contributed by atoms with Crippen LogP contribution in [0.2, 0.25) is 0 Å². The second-order valence-electron chi connectivity index (χ2n) is 8.48. The fourth-order valence-corrected chi connectivity index (χ4v) is 3.91. The van der Waals surface area contributed by atoms with Crippen molar-refractivity contribution in [3.63, 3.8) is 0 Å². The lowest BCUT2D eigenvalue weighted by atomic mass is 10.1. The quantitative estimate of drug-likeness (QED) is 0.131. The highest BCUT2D eigenvalue weighted by molar-refractivity contribution is 6.04. The molecule has 0 aliphatic heterocycles. The van der Waals surface area contributed by atoms with Gasteiger partial charge in [0.05, 0.1) is 23.3 Å². The highest BCUT2D eigenvalue weighted by atomic mass is 16.6. The Kier molecular flexibility index (Phi) is 7.31. The summed E-state index contributed by atoms with van der Waals surface area (Å²) in [5.41, 5.74) is 3.49. The molecule has 0 spiro atoms. The number of carbonyl (C=O) groups is 1. The second kappa shape index (κ2) is 11.3. The molecule has 194 valence electrons. The van der Waals surface area contributed by atoms with Crippen LogP contribution < -0.4 is 14.8 Å². The molecule has 4 aromatic carbocycles. The molecule has 0 unspecified atom stereocenters. The Morgan fingerprint density at radius 3 is 2.59 bits per heavy atom. The summed E-state index contributed by atoms with van der Waals surface area (Å²) in [5, 5.41) is 13.9. The molecule has 0 fully saturated rings. The summed E-state index contributed by atoms with van der Waals surface area (Å²) in [4.78, 5) is 27.7. The smallest absolute Gasteiger partial charge is 0.271 e. The van der Waals surface area contributed by atoms with Crippen LogP contribution in [-0.4, -0.2) is 22.9 Å². The van der Waals surface area contributed by atoms with Gasteiger partial charge in [0.25, 0.3) is 5.69 Å². The van der Waals surface area contributed by atoms with E-state index in [1.54, 1.807) is 49.6 Å². The molecule has 9 heteroatoms. The monoisotopic (exact) mass is 521 g/mol. The number of rotatable bonds is 9. The number of non-ortho nitro benzene ring substituents is 1. The zero-order valence-corrected chi connectivity index (χ0v) is 20.9. The molecule has 0 aliphatic carbocycles. The van der Waals surface area contributed by atoms with Crippen molar-refractivity contribution in [1.82, 2.24) is 4.98 Å². The standard InChI is InChI=1S/C30H23N3O6/c1-37-28-17-20(11-14-27(28)38-19-21-7-3-2-4-8-21)12-16-29(34)31-24-10-6-5-9-23(24)30-32-25-18-22(33(35)36)13-15-26(25)39-30/h2-18H,19H2,1H3,(H,31,34). The number of carbonyl (C=O) groups excluding carboxylic acids is 1. The zero-order chi connectivity index (χ0) is 27.2. The van der Waals surface area contributed by atoms with Gasteiger partial charge in [-0.3, -0.25) is 14.9 Å². The molecule has 0 saturated heterocycles. The fourth-order valence-electron chi connectivity index (χ4n) is 3.91. The number of benzene rings is 4. The number of methoxy groups -OCH3 is 1. The van der Waals surface area contributed by atoms with Gasteiger partial charge < -0.3 is 19.2 Å². The van der Waals surface area contributed by atoms with Crippen LogP contribution in [-0.2, 0) is 11.4 Å². The summed E-state index contributed by atoms with van der Waals surface area (Å²) >= 11 is 0. The Balaban J connectivity index is 1.29. The fraction of sp³-hybridized carbons (Fsp3) is 0.0667. The molecule has 0 aliphatic rings. The van der Waals surface area contributed by atoms with Gasteiger partial charge in [0.1, 0.15) is 12.1 Å². The molecular weight excluding hydrogens is 498 g/mol. The summed E-state index contributed by atoms with van der Waals surface area (Å²) in [6, 6.07) is 26.5. The third-order valence-corrected chi connectivity index (χ3v) is 5.85. The van der Waals surface area contributed by atoms with Crippen molar-refractivity contribution < 1.29 is 23.6 Å². The van der Waals surface area contributed by atoms with Gasteiger partial charge in [-0.25, -0.2) is 4.98 Å². The van der Waals surface area contributed by atoms with Crippen LogP contribution in [0.15, 0.2) is 101 Å². The Hall–Kier alpha value is -5.44. The zero-order valence-electron chi connectivity index (χ0n) is 20.9. The van der Waals surface area contributed by atoms with Gasteiger partial charge in [0.2, 0.25) is 11.8 Å². The van der Waals surface area contributed by atoms with Crippen LogP contribution in [0.3, 0.4) is 0 Å². The number of aromatic nitrogens is 1. The Bertz CT molecular complexity index is 1680. The average Bonchev–Trinajstić information content (AvgIpc) is 3.39. The molecule has 5 rings (SSSR count). The van der Waals surface area contributed by atoms with E-state index < -0.39 is 4.92 Å². The highest BCUT2D eigenvalue weighted by Crippen LogP contribution is 2.32. The Morgan fingerprint density at radius 2 is 1.79 bits per heavy atom.